The monoisotopic (exact) mass is 379 g/mol. The van der Waals surface area contributed by atoms with E-state index in [1.54, 1.807) is 22.7 Å². The van der Waals surface area contributed by atoms with Crippen LogP contribution in [-0.4, -0.2) is 28.0 Å². The number of rotatable bonds is 4. The van der Waals surface area contributed by atoms with Crippen molar-refractivity contribution in [2.45, 2.75) is 12.8 Å². The van der Waals surface area contributed by atoms with Crippen LogP contribution in [0.2, 0.25) is 0 Å². The van der Waals surface area contributed by atoms with Crippen molar-refractivity contribution in [3.8, 4) is 10.6 Å². The fourth-order valence-electron chi connectivity index (χ4n) is 3.19. The fraction of sp³-hybridized carbons (Fsp3) is 0.211. The second-order valence-electron chi connectivity index (χ2n) is 6.22. The highest BCUT2D eigenvalue weighted by molar-refractivity contribution is 7.16. The normalized spacial score (nSPS) is 14.2. The molecule has 0 unspecified atom stereocenters. The summed E-state index contributed by atoms with van der Waals surface area (Å²) in [6.45, 7) is 2.06. The highest BCUT2D eigenvalue weighted by Gasteiger charge is 2.20. The number of fused-ring (bicyclic) bond motifs is 1. The summed E-state index contributed by atoms with van der Waals surface area (Å²) in [4.78, 5) is 18.0. The van der Waals surface area contributed by atoms with Crippen LogP contribution in [-0.2, 0) is 0 Å². The molecular weight excluding hydrogens is 362 g/mol. The molecule has 0 atom stereocenters. The number of thiophene rings is 1. The zero-order valence-corrected chi connectivity index (χ0v) is 15.7. The maximum Gasteiger partial charge on any atom is 0.189 e. The quantitative estimate of drug-likeness (QED) is 0.531. The molecular formula is C19H17N5S2. The van der Waals surface area contributed by atoms with Gasteiger partial charge in [0.15, 0.2) is 16.8 Å². The lowest BCUT2D eigenvalue weighted by Gasteiger charge is -2.20. The third-order valence-electron chi connectivity index (χ3n) is 4.46. The Kier molecular flexibility index (Phi) is 4.03. The van der Waals surface area contributed by atoms with Gasteiger partial charge in [0.25, 0.3) is 0 Å². The SMILES string of the molecule is c1csc(-c2csc(Nc3nc4ccccc4nc3N3CCCC3)n2)c1. The van der Waals surface area contributed by atoms with Crippen molar-refractivity contribution in [2.75, 3.05) is 23.3 Å². The Morgan fingerprint density at radius 3 is 2.46 bits per heavy atom. The van der Waals surface area contributed by atoms with Gasteiger partial charge in [0.05, 0.1) is 21.6 Å². The summed E-state index contributed by atoms with van der Waals surface area (Å²) < 4.78 is 0. The summed E-state index contributed by atoms with van der Waals surface area (Å²) in [5, 5.41) is 8.42. The van der Waals surface area contributed by atoms with Crippen molar-refractivity contribution >= 4 is 50.5 Å². The van der Waals surface area contributed by atoms with Crippen LogP contribution in [0.5, 0.6) is 0 Å². The summed E-state index contributed by atoms with van der Waals surface area (Å²) in [5.41, 5.74) is 2.83. The molecule has 3 aromatic heterocycles. The standard InChI is InChI=1S/C19H17N5S2/c1-2-7-14-13(6-1)20-17(18(21-14)24-9-3-4-10-24)23-19-22-15(12-26-19)16-8-5-11-25-16/h1-2,5-8,11-12H,3-4,9-10H2,(H,20,22,23). The Morgan fingerprint density at radius 1 is 0.885 bits per heavy atom. The third kappa shape index (κ3) is 2.93. The van der Waals surface area contributed by atoms with Crippen molar-refractivity contribution in [3.63, 3.8) is 0 Å². The summed E-state index contributed by atoms with van der Waals surface area (Å²) in [7, 11) is 0. The van der Waals surface area contributed by atoms with Crippen LogP contribution in [0.3, 0.4) is 0 Å². The Morgan fingerprint density at radius 2 is 1.69 bits per heavy atom. The molecule has 7 heteroatoms. The molecule has 1 aliphatic rings. The van der Waals surface area contributed by atoms with Gasteiger partial charge in [0, 0.05) is 18.5 Å². The van der Waals surface area contributed by atoms with Gasteiger partial charge >= 0.3 is 0 Å². The molecule has 0 radical (unpaired) electrons. The highest BCUT2D eigenvalue weighted by atomic mass is 32.1. The molecule has 5 nitrogen and oxygen atoms in total. The first-order valence-corrected chi connectivity index (χ1v) is 10.4. The van der Waals surface area contributed by atoms with E-state index in [4.69, 9.17) is 15.0 Å². The van der Waals surface area contributed by atoms with Crippen LogP contribution in [0, 0.1) is 0 Å². The van der Waals surface area contributed by atoms with Crippen LogP contribution in [0.15, 0.2) is 47.2 Å². The van der Waals surface area contributed by atoms with E-state index in [1.165, 1.54) is 17.7 Å². The first-order valence-electron chi connectivity index (χ1n) is 8.65. The number of nitrogens with zero attached hydrogens (tertiary/aromatic N) is 4. The minimum Gasteiger partial charge on any atom is -0.354 e. The van der Waals surface area contributed by atoms with E-state index in [1.807, 2.05) is 30.3 Å². The van der Waals surface area contributed by atoms with Crippen LogP contribution in [0.4, 0.5) is 16.8 Å². The number of thiazole rings is 1. The van der Waals surface area contributed by atoms with E-state index in [2.05, 4.69) is 27.0 Å². The Hall–Kier alpha value is -2.51. The second kappa shape index (κ2) is 6.66. The molecule has 1 N–H and O–H groups in total. The molecule has 4 heterocycles. The zero-order valence-electron chi connectivity index (χ0n) is 14.1. The molecule has 0 bridgehead atoms. The maximum atomic E-state index is 4.89. The van der Waals surface area contributed by atoms with E-state index in [-0.39, 0.29) is 0 Å². The van der Waals surface area contributed by atoms with Gasteiger partial charge in [-0.2, -0.15) is 0 Å². The molecule has 0 aliphatic carbocycles. The number of hydrogen-bond acceptors (Lipinski definition) is 7. The maximum absolute atomic E-state index is 4.89. The van der Waals surface area contributed by atoms with E-state index in [9.17, 15) is 0 Å². The van der Waals surface area contributed by atoms with Crippen LogP contribution in [0.1, 0.15) is 12.8 Å². The number of hydrogen-bond donors (Lipinski definition) is 1. The molecule has 26 heavy (non-hydrogen) atoms. The average molecular weight is 380 g/mol. The van der Waals surface area contributed by atoms with Crippen molar-refractivity contribution in [1.29, 1.82) is 0 Å². The number of nitrogens with one attached hydrogen (secondary N) is 1. The van der Waals surface area contributed by atoms with Gasteiger partial charge in [-0.3, -0.25) is 0 Å². The Balaban J connectivity index is 1.53. The zero-order chi connectivity index (χ0) is 17.3. The molecule has 130 valence electrons. The van der Waals surface area contributed by atoms with Gasteiger partial charge in [0.2, 0.25) is 0 Å². The van der Waals surface area contributed by atoms with Crippen LogP contribution in [0.25, 0.3) is 21.6 Å². The fourth-order valence-corrected chi connectivity index (χ4v) is 4.66. The van der Waals surface area contributed by atoms with E-state index < -0.39 is 0 Å². The van der Waals surface area contributed by atoms with Crippen molar-refractivity contribution < 1.29 is 0 Å². The summed E-state index contributed by atoms with van der Waals surface area (Å²) in [5.74, 6) is 1.71. The van der Waals surface area contributed by atoms with E-state index in [0.29, 0.717) is 0 Å². The van der Waals surface area contributed by atoms with Crippen molar-refractivity contribution in [2.24, 2.45) is 0 Å². The highest BCUT2D eigenvalue weighted by Crippen LogP contribution is 2.33. The molecule has 1 fully saturated rings. The van der Waals surface area contributed by atoms with Gasteiger partial charge in [-0.05, 0) is 36.4 Å². The Bertz CT molecular complexity index is 1040. The third-order valence-corrected chi connectivity index (χ3v) is 6.11. The number of aromatic nitrogens is 3. The molecule has 1 aromatic carbocycles. The molecule has 0 amide bonds. The van der Waals surface area contributed by atoms with Gasteiger partial charge in [-0.25, -0.2) is 15.0 Å². The van der Waals surface area contributed by atoms with Gasteiger partial charge in [-0.1, -0.05) is 18.2 Å². The first-order chi connectivity index (χ1) is 12.9. The number of anilines is 3. The van der Waals surface area contributed by atoms with Crippen LogP contribution < -0.4 is 10.2 Å². The molecule has 0 saturated carbocycles. The lowest BCUT2D eigenvalue weighted by atomic mass is 10.3. The van der Waals surface area contributed by atoms with Crippen molar-refractivity contribution in [1.82, 2.24) is 15.0 Å². The largest absolute Gasteiger partial charge is 0.354 e. The second-order valence-corrected chi connectivity index (χ2v) is 8.02. The summed E-state index contributed by atoms with van der Waals surface area (Å²) >= 11 is 3.30. The molecule has 1 saturated heterocycles. The molecule has 5 rings (SSSR count). The van der Waals surface area contributed by atoms with Crippen LogP contribution >= 0.6 is 22.7 Å². The molecule has 0 spiro atoms. The summed E-state index contributed by atoms with van der Waals surface area (Å²) in [6.07, 6.45) is 2.40. The summed E-state index contributed by atoms with van der Waals surface area (Å²) in [6, 6.07) is 12.2. The minimum absolute atomic E-state index is 0.790. The molecule has 4 aromatic rings. The predicted molar refractivity (Wildman–Crippen MR) is 110 cm³/mol. The van der Waals surface area contributed by atoms with E-state index in [0.717, 1.165) is 46.6 Å². The minimum atomic E-state index is 0.790. The van der Waals surface area contributed by atoms with Crippen molar-refractivity contribution in [3.05, 3.63) is 47.2 Å². The predicted octanol–water partition coefficient (Wildman–Crippen LogP) is 5.16. The van der Waals surface area contributed by atoms with Gasteiger partial charge in [-0.15, -0.1) is 22.7 Å². The topological polar surface area (TPSA) is 53.9 Å². The van der Waals surface area contributed by atoms with Gasteiger partial charge < -0.3 is 10.2 Å². The lowest BCUT2D eigenvalue weighted by Crippen LogP contribution is -2.21. The average Bonchev–Trinajstić information content (AvgIpc) is 3.42. The first kappa shape index (κ1) is 15.7. The lowest BCUT2D eigenvalue weighted by molar-refractivity contribution is 0.939. The van der Waals surface area contributed by atoms with E-state index >= 15 is 0 Å². The Labute approximate surface area is 159 Å². The molecule has 1 aliphatic heterocycles. The smallest absolute Gasteiger partial charge is 0.189 e. The van der Waals surface area contributed by atoms with Gasteiger partial charge in [0.1, 0.15) is 0 Å². The number of benzene rings is 1. The number of para-hydroxylation sites is 2.